The van der Waals surface area contributed by atoms with Crippen LogP contribution in [0.3, 0.4) is 0 Å². The zero-order chi connectivity index (χ0) is 14.8. The quantitative estimate of drug-likeness (QED) is 0.882. The third-order valence-electron chi connectivity index (χ3n) is 2.66. The Labute approximate surface area is 126 Å². The van der Waals surface area contributed by atoms with Crippen molar-refractivity contribution in [1.82, 2.24) is 4.98 Å². The summed E-state index contributed by atoms with van der Waals surface area (Å²) >= 11 is 3.24. The second-order valence-corrected chi connectivity index (χ2v) is 6.93. The first kappa shape index (κ1) is 15.0. The Bertz CT molecular complexity index is 700. The summed E-state index contributed by atoms with van der Waals surface area (Å²) in [7, 11) is -3.67. The van der Waals surface area contributed by atoms with E-state index in [1.54, 1.807) is 37.3 Å². The summed E-state index contributed by atoms with van der Waals surface area (Å²) in [6.45, 7) is 1.80. The molecule has 0 aliphatic carbocycles. The Morgan fingerprint density at radius 1 is 1.30 bits per heavy atom. The molecule has 0 saturated carbocycles. The zero-order valence-corrected chi connectivity index (χ0v) is 13.1. The number of sulfonamides is 1. The Balaban J connectivity index is 2.30. The van der Waals surface area contributed by atoms with E-state index in [4.69, 9.17) is 5.73 Å². The smallest absolute Gasteiger partial charge is 0.263 e. The fourth-order valence-electron chi connectivity index (χ4n) is 1.60. The van der Waals surface area contributed by atoms with E-state index in [1.165, 1.54) is 12.3 Å². The van der Waals surface area contributed by atoms with Crippen molar-refractivity contribution < 1.29 is 8.42 Å². The van der Waals surface area contributed by atoms with Gasteiger partial charge in [0.05, 0.1) is 4.90 Å². The van der Waals surface area contributed by atoms with Crippen molar-refractivity contribution >= 4 is 31.8 Å². The predicted octanol–water partition coefficient (Wildman–Crippen LogP) is 2.66. The van der Waals surface area contributed by atoms with Crippen LogP contribution in [-0.4, -0.2) is 13.4 Å². The van der Waals surface area contributed by atoms with Gasteiger partial charge in [-0.2, -0.15) is 0 Å². The van der Waals surface area contributed by atoms with Gasteiger partial charge in [-0.3, -0.25) is 4.72 Å². The van der Waals surface area contributed by atoms with Gasteiger partial charge in [0.25, 0.3) is 10.0 Å². The molecule has 5 nitrogen and oxygen atoms in total. The number of pyridine rings is 1. The van der Waals surface area contributed by atoms with Crippen molar-refractivity contribution in [1.29, 1.82) is 0 Å². The van der Waals surface area contributed by atoms with Crippen molar-refractivity contribution in [3.05, 3.63) is 52.6 Å². The average Bonchev–Trinajstić information content (AvgIpc) is 2.41. The summed E-state index contributed by atoms with van der Waals surface area (Å²) in [6.07, 6.45) is 1.52. The number of nitrogens with two attached hydrogens (primary N) is 1. The highest BCUT2D eigenvalue weighted by Gasteiger charge is 2.15. The van der Waals surface area contributed by atoms with Crippen LogP contribution < -0.4 is 10.5 Å². The van der Waals surface area contributed by atoms with Gasteiger partial charge in [0, 0.05) is 16.7 Å². The summed E-state index contributed by atoms with van der Waals surface area (Å²) in [5, 5.41) is 0. The van der Waals surface area contributed by atoms with Crippen molar-refractivity contribution in [2.24, 2.45) is 5.73 Å². The highest BCUT2D eigenvalue weighted by Crippen LogP contribution is 2.19. The number of hydrogen-bond acceptors (Lipinski definition) is 4. The van der Waals surface area contributed by atoms with Crippen LogP contribution in [0.5, 0.6) is 0 Å². The molecule has 3 N–H and O–H groups in total. The third-order valence-corrected chi connectivity index (χ3v) is 4.48. The van der Waals surface area contributed by atoms with Gasteiger partial charge in [0.2, 0.25) is 0 Å². The van der Waals surface area contributed by atoms with Gasteiger partial charge in [-0.25, -0.2) is 13.4 Å². The van der Waals surface area contributed by atoms with E-state index < -0.39 is 10.0 Å². The maximum Gasteiger partial charge on any atom is 0.263 e. The second kappa shape index (κ2) is 5.90. The molecule has 2 rings (SSSR count). The maximum atomic E-state index is 12.3. The molecule has 1 aromatic heterocycles. The molecule has 0 fully saturated rings. The number of benzene rings is 1. The molecular weight excluding hydrogens is 342 g/mol. The molecule has 0 aliphatic heterocycles. The Kier molecular flexibility index (Phi) is 4.42. The first-order valence-electron chi connectivity index (χ1n) is 5.88. The Morgan fingerprint density at radius 2 is 2.05 bits per heavy atom. The lowest BCUT2D eigenvalue weighted by Crippen LogP contribution is -2.15. The minimum absolute atomic E-state index is 0.164. The topological polar surface area (TPSA) is 85.1 Å². The van der Waals surface area contributed by atoms with Crippen LogP contribution >= 0.6 is 15.9 Å². The van der Waals surface area contributed by atoms with Gasteiger partial charge in [0.1, 0.15) is 5.82 Å². The number of anilines is 1. The van der Waals surface area contributed by atoms with Crippen LogP contribution in [0.4, 0.5) is 5.82 Å². The standard InChI is InChI=1S/C13H14BrN3O2S/c1-9(15)10-3-2-4-12(7-10)20(18,19)17-13-6-5-11(14)8-16-13/h2-9H,15H2,1H3,(H,16,17). The van der Waals surface area contributed by atoms with E-state index >= 15 is 0 Å². The number of nitrogens with one attached hydrogen (secondary N) is 1. The minimum atomic E-state index is -3.67. The zero-order valence-electron chi connectivity index (χ0n) is 10.7. The van der Waals surface area contributed by atoms with Crippen LogP contribution in [0.2, 0.25) is 0 Å². The molecule has 20 heavy (non-hydrogen) atoms. The normalized spacial score (nSPS) is 12.9. The van der Waals surface area contributed by atoms with E-state index in [0.717, 1.165) is 10.0 Å². The first-order valence-corrected chi connectivity index (χ1v) is 8.16. The summed E-state index contributed by atoms with van der Waals surface area (Å²) in [5.41, 5.74) is 6.52. The molecule has 1 heterocycles. The molecule has 0 bridgehead atoms. The summed E-state index contributed by atoms with van der Waals surface area (Å²) in [4.78, 5) is 4.15. The van der Waals surface area contributed by atoms with Gasteiger partial charge in [0.15, 0.2) is 0 Å². The molecule has 1 unspecified atom stereocenters. The van der Waals surface area contributed by atoms with Crippen LogP contribution in [0.15, 0.2) is 52.0 Å². The molecular formula is C13H14BrN3O2S. The molecule has 0 saturated heterocycles. The number of rotatable bonds is 4. The Morgan fingerprint density at radius 3 is 2.65 bits per heavy atom. The summed E-state index contributed by atoms with van der Waals surface area (Å²) < 4.78 is 27.7. The molecule has 7 heteroatoms. The average molecular weight is 356 g/mol. The monoisotopic (exact) mass is 355 g/mol. The van der Waals surface area contributed by atoms with Crippen molar-refractivity contribution in [3.8, 4) is 0 Å². The van der Waals surface area contributed by atoms with Gasteiger partial charge in [-0.1, -0.05) is 12.1 Å². The number of aromatic nitrogens is 1. The van der Waals surface area contributed by atoms with Crippen LogP contribution in [0.1, 0.15) is 18.5 Å². The molecule has 2 aromatic rings. The number of nitrogens with zero attached hydrogens (tertiary/aromatic N) is 1. The van der Waals surface area contributed by atoms with E-state index in [1.807, 2.05) is 0 Å². The SMILES string of the molecule is CC(N)c1cccc(S(=O)(=O)Nc2ccc(Br)cn2)c1. The van der Waals surface area contributed by atoms with E-state index in [-0.39, 0.29) is 16.8 Å². The Hall–Kier alpha value is -1.44. The van der Waals surface area contributed by atoms with Crippen molar-refractivity contribution in [3.63, 3.8) is 0 Å². The molecule has 106 valence electrons. The fourth-order valence-corrected chi connectivity index (χ4v) is 2.90. The van der Waals surface area contributed by atoms with E-state index in [2.05, 4.69) is 25.6 Å². The van der Waals surface area contributed by atoms with Crippen LogP contribution in [0, 0.1) is 0 Å². The van der Waals surface area contributed by atoms with Crippen LogP contribution in [0.25, 0.3) is 0 Å². The third kappa shape index (κ3) is 3.56. The van der Waals surface area contributed by atoms with Crippen LogP contribution in [-0.2, 0) is 10.0 Å². The van der Waals surface area contributed by atoms with Gasteiger partial charge >= 0.3 is 0 Å². The largest absolute Gasteiger partial charge is 0.324 e. The predicted molar refractivity (Wildman–Crippen MR) is 81.8 cm³/mol. The lowest BCUT2D eigenvalue weighted by molar-refractivity contribution is 0.600. The molecule has 0 aliphatic rings. The highest BCUT2D eigenvalue weighted by atomic mass is 79.9. The van der Waals surface area contributed by atoms with Crippen molar-refractivity contribution in [2.45, 2.75) is 17.9 Å². The van der Waals surface area contributed by atoms with Gasteiger partial charge in [-0.15, -0.1) is 0 Å². The van der Waals surface area contributed by atoms with E-state index in [9.17, 15) is 8.42 Å². The fraction of sp³-hybridized carbons (Fsp3) is 0.154. The highest BCUT2D eigenvalue weighted by molar-refractivity contribution is 9.10. The van der Waals surface area contributed by atoms with Crippen molar-refractivity contribution in [2.75, 3.05) is 4.72 Å². The molecule has 0 spiro atoms. The molecule has 0 radical (unpaired) electrons. The van der Waals surface area contributed by atoms with Gasteiger partial charge < -0.3 is 5.73 Å². The lowest BCUT2D eigenvalue weighted by Gasteiger charge is -2.10. The molecule has 0 amide bonds. The first-order chi connectivity index (χ1) is 9.38. The minimum Gasteiger partial charge on any atom is -0.324 e. The summed E-state index contributed by atoms with van der Waals surface area (Å²) in [5.74, 6) is 0.263. The maximum absolute atomic E-state index is 12.3. The van der Waals surface area contributed by atoms with Gasteiger partial charge in [-0.05, 0) is 52.7 Å². The van der Waals surface area contributed by atoms with E-state index in [0.29, 0.717) is 0 Å². The number of halogens is 1. The number of hydrogen-bond donors (Lipinski definition) is 2. The summed E-state index contributed by atoms with van der Waals surface area (Å²) in [6, 6.07) is 9.61. The molecule has 1 atom stereocenters. The second-order valence-electron chi connectivity index (χ2n) is 4.33. The lowest BCUT2D eigenvalue weighted by atomic mass is 10.1. The molecule has 1 aromatic carbocycles.